The number of nitro groups is 1. The minimum absolute atomic E-state index is 0.0157. The van der Waals surface area contributed by atoms with Crippen molar-refractivity contribution >= 4 is 29.4 Å². The van der Waals surface area contributed by atoms with E-state index in [9.17, 15) is 19.7 Å². The first-order valence-electron chi connectivity index (χ1n) is 12.5. The summed E-state index contributed by atoms with van der Waals surface area (Å²) in [5.74, 6) is 0.238. The first-order valence-corrected chi connectivity index (χ1v) is 12.5. The lowest BCUT2D eigenvalue weighted by molar-refractivity contribution is -0.384. The predicted molar refractivity (Wildman–Crippen MR) is 148 cm³/mol. The van der Waals surface area contributed by atoms with Gasteiger partial charge in [-0.1, -0.05) is 56.3 Å². The number of nitro benzene ring substituents is 1. The molecular formula is C29H31N5O4. The molecule has 9 heteroatoms. The summed E-state index contributed by atoms with van der Waals surface area (Å²) in [5, 5.41) is 15.1. The second-order valence-corrected chi connectivity index (χ2v) is 9.45. The molecule has 1 aromatic heterocycles. The molecule has 1 saturated heterocycles. The Labute approximate surface area is 221 Å². The van der Waals surface area contributed by atoms with E-state index in [4.69, 9.17) is 0 Å². The van der Waals surface area contributed by atoms with E-state index in [1.165, 1.54) is 17.0 Å². The first-order chi connectivity index (χ1) is 18.3. The number of carbonyl (C=O) groups is 2. The van der Waals surface area contributed by atoms with Gasteiger partial charge in [0, 0.05) is 45.0 Å². The Morgan fingerprint density at radius 2 is 1.89 bits per heavy atom. The van der Waals surface area contributed by atoms with E-state index in [1.807, 2.05) is 44.2 Å². The van der Waals surface area contributed by atoms with Crippen LogP contribution in [0.1, 0.15) is 30.9 Å². The number of anilines is 1. The number of benzene rings is 2. The maximum absolute atomic E-state index is 13.2. The number of aromatic nitrogens is 1. The first kappa shape index (κ1) is 26.7. The van der Waals surface area contributed by atoms with Gasteiger partial charge in [0.25, 0.3) is 5.69 Å². The van der Waals surface area contributed by atoms with Crippen molar-refractivity contribution in [3.8, 4) is 11.1 Å². The Bertz CT molecular complexity index is 1360. The van der Waals surface area contributed by atoms with Crippen LogP contribution in [-0.2, 0) is 9.59 Å². The van der Waals surface area contributed by atoms with Crippen LogP contribution in [-0.4, -0.2) is 59.3 Å². The zero-order valence-corrected chi connectivity index (χ0v) is 21.7. The third-order valence-electron chi connectivity index (χ3n) is 6.64. The molecule has 0 radical (unpaired) electrons. The van der Waals surface area contributed by atoms with Gasteiger partial charge in [-0.25, -0.2) is 4.98 Å². The number of nitrogens with zero attached hydrogens (tertiary/aromatic N) is 4. The second-order valence-electron chi connectivity index (χ2n) is 9.45. The highest BCUT2D eigenvalue weighted by atomic mass is 16.6. The van der Waals surface area contributed by atoms with Gasteiger partial charge >= 0.3 is 0 Å². The molecule has 1 aliphatic rings. The van der Waals surface area contributed by atoms with Crippen molar-refractivity contribution in [3.05, 3.63) is 94.2 Å². The van der Waals surface area contributed by atoms with Crippen LogP contribution in [0.5, 0.6) is 0 Å². The van der Waals surface area contributed by atoms with E-state index in [-0.39, 0.29) is 30.0 Å². The normalized spacial score (nSPS) is 15.6. The smallest absolute Gasteiger partial charge is 0.277 e. The number of carbonyl (C=O) groups excluding carboxylic acids is 2. The second kappa shape index (κ2) is 11.8. The fourth-order valence-electron chi connectivity index (χ4n) is 4.65. The summed E-state index contributed by atoms with van der Waals surface area (Å²) in [6.45, 7) is 5.20. The van der Waals surface area contributed by atoms with Crippen molar-refractivity contribution < 1.29 is 14.5 Å². The van der Waals surface area contributed by atoms with Gasteiger partial charge in [-0.05, 0) is 40.8 Å². The van der Waals surface area contributed by atoms with Crippen molar-refractivity contribution in [1.29, 1.82) is 0 Å². The number of rotatable bonds is 7. The molecule has 4 rings (SSSR count). The molecule has 1 aliphatic heterocycles. The monoisotopic (exact) mass is 513 g/mol. The van der Waals surface area contributed by atoms with E-state index >= 15 is 0 Å². The summed E-state index contributed by atoms with van der Waals surface area (Å²) >= 11 is 0. The summed E-state index contributed by atoms with van der Waals surface area (Å²) in [5.41, 5.74) is 2.81. The molecule has 3 aromatic rings. The summed E-state index contributed by atoms with van der Waals surface area (Å²) in [6, 6.07) is 17.3. The van der Waals surface area contributed by atoms with Crippen LogP contribution < -0.4 is 10.2 Å². The van der Waals surface area contributed by atoms with Gasteiger partial charge in [0.15, 0.2) is 0 Å². The number of hydrogen-bond acceptors (Lipinski definition) is 6. The van der Waals surface area contributed by atoms with Crippen molar-refractivity contribution in [2.24, 2.45) is 0 Å². The Morgan fingerprint density at radius 3 is 2.61 bits per heavy atom. The van der Waals surface area contributed by atoms with Crippen molar-refractivity contribution in [2.45, 2.75) is 25.8 Å². The SMILES string of the molecule is CC(C)c1ccccc1-c1c(/C=C/C(=O)N2CCNC(C(=O)N(C)c3ccccn3)C2)cccc1[N+](=O)[O-]. The summed E-state index contributed by atoms with van der Waals surface area (Å²) < 4.78 is 0. The van der Waals surface area contributed by atoms with Gasteiger partial charge in [-0.2, -0.15) is 0 Å². The Balaban J connectivity index is 1.57. The van der Waals surface area contributed by atoms with Crippen LogP contribution in [0, 0.1) is 10.1 Å². The summed E-state index contributed by atoms with van der Waals surface area (Å²) in [7, 11) is 1.66. The van der Waals surface area contributed by atoms with Gasteiger partial charge < -0.3 is 10.2 Å². The lowest BCUT2D eigenvalue weighted by atomic mass is 9.89. The van der Waals surface area contributed by atoms with Crippen LogP contribution in [0.25, 0.3) is 17.2 Å². The number of pyridine rings is 1. The minimum atomic E-state index is -0.570. The van der Waals surface area contributed by atoms with Crippen molar-refractivity contribution in [3.63, 3.8) is 0 Å². The highest BCUT2D eigenvalue weighted by molar-refractivity contribution is 5.98. The van der Waals surface area contributed by atoms with E-state index in [1.54, 1.807) is 48.5 Å². The minimum Gasteiger partial charge on any atom is -0.336 e. The van der Waals surface area contributed by atoms with Gasteiger partial charge in [-0.3, -0.25) is 24.6 Å². The molecule has 0 bridgehead atoms. The third kappa shape index (κ3) is 5.78. The lowest BCUT2D eigenvalue weighted by Crippen LogP contribution is -2.58. The number of amides is 2. The van der Waals surface area contributed by atoms with Crippen LogP contribution >= 0.6 is 0 Å². The van der Waals surface area contributed by atoms with Gasteiger partial charge in [-0.15, -0.1) is 0 Å². The number of piperazine rings is 1. The average Bonchev–Trinajstić information content (AvgIpc) is 2.95. The Hall–Kier alpha value is -4.37. The van der Waals surface area contributed by atoms with Crippen molar-refractivity contribution in [2.75, 3.05) is 31.6 Å². The van der Waals surface area contributed by atoms with E-state index < -0.39 is 11.0 Å². The molecule has 1 unspecified atom stereocenters. The van der Waals surface area contributed by atoms with Crippen molar-refractivity contribution in [1.82, 2.24) is 15.2 Å². The summed E-state index contributed by atoms with van der Waals surface area (Å²) in [4.78, 5) is 45.0. The van der Waals surface area contributed by atoms with E-state index in [0.717, 1.165) is 11.1 Å². The van der Waals surface area contributed by atoms with Gasteiger partial charge in [0.2, 0.25) is 11.8 Å². The molecule has 0 saturated carbocycles. The van der Waals surface area contributed by atoms with Gasteiger partial charge in [0.1, 0.15) is 11.9 Å². The molecule has 38 heavy (non-hydrogen) atoms. The molecule has 196 valence electrons. The van der Waals surface area contributed by atoms with E-state index in [0.29, 0.717) is 30.0 Å². The molecule has 0 aliphatic carbocycles. The fourth-order valence-corrected chi connectivity index (χ4v) is 4.65. The molecule has 0 spiro atoms. The quantitative estimate of drug-likeness (QED) is 0.287. The van der Waals surface area contributed by atoms with E-state index in [2.05, 4.69) is 10.3 Å². The largest absolute Gasteiger partial charge is 0.336 e. The maximum atomic E-state index is 13.2. The zero-order chi connectivity index (χ0) is 27.2. The summed E-state index contributed by atoms with van der Waals surface area (Å²) in [6.07, 6.45) is 4.67. The highest BCUT2D eigenvalue weighted by Gasteiger charge is 2.30. The van der Waals surface area contributed by atoms with Crippen LogP contribution in [0.3, 0.4) is 0 Å². The zero-order valence-electron chi connectivity index (χ0n) is 21.7. The van der Waals surface area contributed by atoms with Crippen LogP contribution in [0.2, 0.25) is 0 Å². The van der Waals surface area contributed by atoms with Crippen LogP contribution in [0.4, 0.5) is 11.5 Å². The average molecular weight is 514 g/mol. The highest BCUT2D eigenvalue weighted by Crippen LogP contribution is 2.38. The fraction of sp³-hybridized carbons (Fsp3) is 0.276. The number of hydrogen-bond donors (Lipinski definition) is 1. The molecule has 1 atom stereocenters. The standard InChI is InChI=1S/C29H31N5O4/c1-20(2)22-10-4-5-11-23(22)28-21(9-8-12-25(28)34(37)38)14-15-27(35)33-18-17-30-24(19-33)29(36)32(3)26-13-6-7-16-31-26/h4-16,20,24,30H,17-19H2,1-3H3/b15-14+. The molecule has 1 fully saturated rings. The predicted octanol–water partition coefficient (Wildman–Crippen LogP) is 4.26. The molecule has 2 aromatic carbocycles. The third-order valence-corrected chi connectivity index (χ3v) is 6.64. The van der Waals surface area contributed by atoms with Gasteiger partial charge in [0.05, 0.1) is 10.5 Å². The molecule has 2 heterocycles. The topological polar surface area (TPSA) is 109 Å². The number of likely N-dealkylation sites (N-methyl/N-ethyl adjacent to an activating group) is 1. The molecular weight excluding hydrogens is 482 g/mol. The lowest BCUT2D eigenvalue weighted by Gasteiger charge is -2.34. The Morgan fingerprint density at radius 1 is 1.13 bits per heavy atom. The molecule has 2 amide bonds. The maximum Gasteiger partial charge on any atom is 0.277 e. The van der Waals surface area contributed by atoms with Crippen LogP contribution in [0.15, 0.2) is 72.9 Å². The molecule has 1 N–H and O–H groups in total. The number of nitrogens with one attached hydrogen (secondary N) is 1. The Kier molecular flexibility index (Phi) is 8.28. The molecule has 9 nitrogen and oxygen atoms in total.